The fourth-order valence-corrected chi connectivity index (χ4v) is 2.37. The van der Waals surface area contributed by atoms with Crippen molar-refractivity contribution >= 4 is 11.7 Å². The summed E-state index contributed by atoms with van der Waals surface area (Å²) >= 11 is 0. The summed E-state index contributed by atoms with van der Waals surface area (Å²) in [6, 6.07) is 10.1. The van der Waals surface area contributed by atoms with Crippen LogP contribution in [0.3, 0.4) is 0 Å². The highest BCUT2D eigenvalue weighted by Crippen LogP contribution is 2.38. The number of nitrogens with one attached hydrogen (secondary N) is 1. The molecule has 0 aliphatic rings. The van der Waals surface area contributed by atoms with E-state index in [9.17, 15) is 9.59 Å². The molecular weight excluding hydrogens is 346 g/mol. The summed E-state index contributed by atoms with van der Waals surface area (Å²) in [6.45, 7) is 1.68. The summed E-state index contributed by atoms with van der Waals surface area (Å²) in [7, 11) is 4.47. The van der Waals surface area contributed by atoms with E-state index in [1.165, 1.54) is 28.3 Å². The third-order valence-electron chi connectivity index (χ3n) is 3.79. The van der Waals surface area contributed by atoms with Gasteiger partial charge in [-0.1, -0.05) is 24.0 Å². The molecule has 1 amide bonds. The normalized spacial score (nSPS) is 9.63. The van der Waals surface area contributed by atoms with E-state index < -0.39 is 0 Å². The molecule has 0 saturated carbocycles. The highest BCUT2D eigenvalue weighted by atomic mass is 16.5. The van der Waals surface area contributed by atoms with Gasteiger partial charge in [-0.3, -0.25) is 9.59 Å². The Bertz CT molecular complexity index is 866. The van der Waals surface area contributed by atoms with Crippen molar-refractivity contribution < 1.29 is 23.8 Å². The smallest absolute Gasteiger partial charge is 0.252 e. The van der Waals surface area contributed by atoms with E-state index in [2.05, 4.69) is 17.2 Å². The minimum Gasteiger partial charge on any atom is -0.493 e. The number of hydrogen-bond donors (Lipinski definition) is 1. The Labute approximate surface area is 158 Å². The maximum absolute atomic E-state index is 12.3. The number of methoxy groups -OCH3 is 3. The number of carbonyl (C=O) groups is 2. The summed E-state index contributed by atoms with van der Waals surface area (Å²) in [4.78, 5) is 23.6. The first-order valence-corrected chi connectivity index (χ1v) is 8.18. The number of amides is 1. The first-order valence-electron chi connectivity index (χ1n) is 8.18. The quantitative estimate of drug-likeness (QED) is 0.628. The van der Waals surface area contributed by atoms with Crippen LogP contribution in [0.1, 0.15) is 33.2 Å². The molecule has 140 valence electrons. The van der Waals surface area contributed by atoms with E-state index in [0.717, 1.165) is 5.56 Å². The Morgan fingerprint density at radius 1 is 0.926 bits per heavy atom. The van der Waals surface area contributed by atoms with Crippen LogP contribution < -0.4 is 19.5 Å². The lowest BCUT2D eigenvalue weighted by Gasteiger charge is -2.13. The molecule has 2 rings (SSSR count). The molecule has 0 aliphatic carbocycles. The summed E-state index contributed by atoms with van der Waals surface area (Å²) in [5.74, 6) is 6.73. The summed E-state index contributed by atoms with van der Waals surface area (Å²) in [6.07, 6.45) is 0. The SMILES string of the molecule is COc1cc(C(=O)NCC#Cc2ccc(C(C)=O)cc2)cc(OC)c1OC. The van der Waals surface area contributed by atoms with Gasteiger partial charge in [0, 0.05) is 16.7 Å². The molecule has 2 aromatic rings. The van der Waals surface area contributed by atoms with Crippen LogP contribution in [0, 0.1) is 11.8 Å². The van der Waals surface area contributed by atoms with Crippen molar-refractivity contribution in [3.8, 4) is 29.1 Å². The van der Waals surface area contributed by atoms with Crippen LogP contribution in [0.15, 0.2) is 36.4 Å². The van der Waals surface area contributed by atoms with Crippen molar-refractivity contribution in [2.24, 2.45) is 0 Å². The van der Waals surface area contributed by atoms with Crippen LogP contribution in [-0.4, -0.2) is 39.6 Å². The van der Waals surface area contributed by atoms with Gasteiger partial charge in [-0.2, -0.15) is 0 Å². The molecule has 0 heterocycles. The lowest BCUT2D eigenvalue weighted by atomic mass is 10.1. The number of ketones is 1. The molecule has 27 heavy (non-hydrogen) atoms. The van der Waals surface area contributed by atoms with Crippen molar-refractivity contribution in [2.75, 3.05) is 27.9 Å². The number of rotatable bonds is 6. The highest BCUT2D eigenvalue weighted by molar-refractivity contribution is 5.96. The summed E-state index contributed by atoms with van der Waals surface area (Å²) in [5.41, 5.74) is 1.77. The average molecular weight is 367 g/mol. The van der Waals surface area contributed by atoms with E-state index in [-0.39, 0.29) is 18.2 Å². The molecule has 0 saturated heterocycles. The maximum atomic E-state index is 12.3. The van der Waals surface area contributed by atoms with E-state index in [1.807, 2.05) is 0 Å². The van der Waals surface area contributed by atoms with Gasteiger partial charge in [-0.05, 0) is 31.2 Å². The molecule has 6 heteroatoms. The van der Waals surface area contributed by atoms with Gasteiger partial charge in [0.2, 0.25) is 5.75 Å². The monoisotopic (exact) mass is 367 g/mol. The van der Waals surface area contributed by atoms with Crippen LogP contribution >= 0.6 is 0 Å². The minimum atomic E-state index is -0.310. The maximum Gasteiger partial charge on any atom is 0.252 e. The standard InChI is InChI=1S/C21H21NO5/c1-14(23)16-9-7-15(8-10-16)6-5-11-22-21(24)17-12-18(25-2)20(27-4)19(13-17)26-3/h7-10,12-13H,11H2,1-4H3,(H,22,24). The average Bonchev–Trinajstić information content (AvgIpc) is 2.70. The number of Topliss-reactive ketones (excluding diaryl/α,β-unsaturated/α-hetero) is 1. The van der Waals surface area contributed by atoms with Gasteiger partial charge in [0.25, 0.3) is 5.91 Å². The predicted molar refractivity (Wildman–Crippen MR) is 102 cm³/mol. The molecule has 0 atom stereocenters. The molecule has 0 spiro atoms. The van der Waals surface area contributed by atoms with Gasteiger partial charge in [-0.25, -0.2) is 0 Å². The van der Waals surface area contributed by atoms with Crippen LogP contribution in [0.4, 0.5) is 0 Å². The molecular formula is C21H21NO5. The Balaban J connectivity index is 2.05. The van der Waals surface area contributed by atoms with Crippen LogP contribution in [0.5, 0.6) is 17.2 Å². The largest absolute Gasteiger partial charge is 0.493 e. The fraction of sp³-hybridized carbons (Fsp3) is 0.238. The Morgan fingerprint density at radius 3 is 2.00 bits per heavy atom. The lowest BCUT2D eigenvalue weighted by molar-refractivity contribution is 0.0956. The lowest BCUT2D eigenvalue weighted by Crippen LogP contribution is -2.23. The molecule has 0 radical (unpaired) electrons. The number of hydrogen-bond acceptors (Lipinski definition) is 5. The predicted octanol–water partition coefficient (Wildman–Crippen LogP) is 2.70. The number of carbonyl (C=O) groups excluding carboxylic acids is 2. The van der Waals surface area contributed by atoms with E-state index in [1.54, 1.807) is 36.4 Å². The minimum absolute atomic E-state index is 0.00659. The Kier molecular flexibility index (Phi) is 6.84. The van der Waals surface area contributed by atoms with E-state index >= 15 is 0 Å². The van der Waals surface area contributed by atoms with Crippen molar-refractivity contribution in [1.29, 1.82) is 0 Å². The zero-order valence-electron chi connectivity index (χ0n) is 15.7. The Hall–Kier alpha value is -3.46. The van der Waals surface area contributed by atoms with Crippen LogP contribution in [0.2, 0.25) is 0 Å². The second-order valence-electron chi connectivity index (χ2n) is 5.53. The third kappa shape index (κ3) is 5.02. The van der Waals surface area contributed by atoms with Crippen molar-refractivity contribution in [3.63, 3.8) is 0 Å². The molecule has 1 N–H and O–H groups in total. The van der Waals surface area contributed by atoms with Gasteiger partial charge in [0.1, 0.15) is 0 Å². The molecule has 0 bridgehead atoms. The third-order valence-corrected chi connectivity index (χ3v) is 3.79. The van der Waals surface area contributed by atoms with Gasteiger partial charge in [-0.15, -0.1) is 0 Å². The highest BCUT2D eigenvalue weighted by Gasteiger charge is 2.16. The molecule has 2 aromatic carbocycles. The zero-order chi connectivity index (χ0) is 19.8. The molecule has 0 aromatic heterocycles. The number of ether oxygens (including phenoxy) is 3. The Morgan fingerprint density at radius 2 is 1.52 bits per heavy atom. The van der Waals surface area contributed by atoms with Crippen molar-refractivity contribution in [2.45, 2.75) is 6.92 Å². The van der Waals surface area contributed by atoms with Gasteiger partial charge >= 0.3 is 0 Å². The van der Waals surface area contributed by atoms with Crippen molar-refractivity contribution in [3.05, 3.63) is 53.1 Å². The summed E-state index contributed by atoms with van der Waals surface area (Å²) in [5, 5.41) is 2.72. The zero-order valence-corrected chi connectivity index (χ0v) is 15.7. The summed E-state index contributed by atoms with van der Waals surface area (Å²) < 4.78 is 15.7. The first kappa shape index (κ1) is 19.9. The molecule has 0 aliphatic heterocycles. The van der Waals surface area contributed by atoms with E-state index in [4.69, 9.17) is 14.2 Å². The fourth-order valence-electron chi connectivity index (χ4n) is 2.37. The van der Waals surface area contributed by atoms with Gasteiger partial charge < -0.3 is 19.5 Å². The first-order chi connectivity index (χ1) is 13.0. The topological polar surface area (TPSA) is 73.9 Å². The van der Waals surface area contributed by atoms with Gasteiger partial charge in [0.15, 0.2) is 17.3 Å². The second kappa shape index (κ2) is 9.30. The van der Waals surface area contributed by atoms with E-state index in [0.29, 0.717) is 28.4 Å². The number of benzene rings is 2. The van der Waals surface area contributed by atoms with Gasteiger partial charge in [0.05, 0.1) is 27.9 Å². The van der Waals surface area contributed by atoms with Crippen LogP contribution in [-0.2, 0) is 0 Å². The molecule has 0 fully saturated rings. The molecule has 6 nitrogen and oxygen atoms in total. The van der Waals surface area contributed by atoms with Crippen molar-refractivity contribution in [1.82, 2.24) is 5.32 Å². The molecule has 0 unspecified atom stereocenters. The van der Waals surface area contributed by atoms with Crippen LogP contribution in [0.25, 0.3) is 0 Å². The second-order valence-corrected chi connectivity index (χ2v) is 5.53.